The van der Waals surface area contributed by atoms with Gasteiger partial charge in [0.05, 0.1) is 28.4 Å². The van der Waals surface area contributed by atoms with Gasteiger partial charge in [0.2, 0.25) is 0 Å². The van der Waals surface area contributed by atoms with Crippen LogP contribution in [0.5, 0.6) is 0 Å². The number of imide groups is 1. The number of carbonyl (C=O) groups is 2. The molecule has 10 heteroatoms. The Morgan fingerprint density at radius 2 is 1.82 bits per heavy atom. The van der Waals surface area contributed by atoms with Crippen molar-refractivity contribution in [3.05, 3.63) is 35.4 Å². The molecule has 0 aliphatic carbocycles. The van der Waals surface area contributed by atoms with Crippen molar-refractivity contribution in [3.63, 3.8) is 0 Å². The van der Waals surface area contributed by atoms with Crippen LogP contribution in [0.15, 0.2) is 24.3 Å². The van der Waals surface area contributed by atoms with Crippen molar-refractivity contribution in [1.29, 1.82) is 0 Å². The first kappa shape index (κ1) is 23.1. The van der Waals surface area contributed by atoms with Crippen molar-refractivity contribution < 1.29 is 27.5 Å². The monoisotopic (exact) mass is 453 g/mol. The number of hydrogen-bond acceptors (Lipinski definition) is 5. The van der Waals surface area contributed by atoms with Crippen LogP contribution in [0.2, 0.25) is 0 Å². The molecule has 154 valence electrons. The summed E-state index contributed by atoms with van der Waals surface area (Å²) in [6.07, 6.45) is -5.62. The number of fused-ring (bicyclic) bond motifs is 1. The summed E-state index contributed by atoms with van der Waals surface area (Å²) in [5, 5.41) is -1.76. The van der Waals surface area contributed by atoms with E-state index in [9.17, 15) is 22.8 Å². The summed E-state index contributed by atoms with van der Waals surface area (Å²) in [7, 11) is 0. The van der Waals surface area contributed by atoms with E-state index in [0.717, 1.165) is 16.7 Å². The lowest BCUT2D eigenvalue weighted by molar-refractivity contribution is -0.134. The van der Waals surface area contributed by atoms with E-state index in [-0.39, 0.29) is 30.7 Å². The summed E-state index contributed by atoms with van der Waals surface area (Å²) in [4.78, 5) is 26.1. The topological polar surface area (TPSA) is 46.6 Å². The van der Waals surface area contributed by atoms with Crippen molar-refractivity contribution in [3.8, 4) is 0 Å². The molecule has 0 N–H and O–H groups in total. The van der Waals surface area contributed by atoms with Crippen molar-refractivity contribution in [2.75, 3.05) is 19.8 Å². The molecular formula is C18H19ClF3NO3S2. The van der Waals surface area contributed by atoms with Gasteiger partial charge in [0, 0.05) is 23.8 Å². The van der Waals surface area contributed by atoms with Crippen LogP contribution in [-0.2, 0) is 4.74 Å². The van der Waals surface area contributed by atoms with E-state index in [2.05, 4.69) is 0 Å². The number of rotatable bonds is 9. The summed E-state index contributed by atoms with van der Waals surface area (Å²) in [5.74, 6) is -0.937. The van der Waals surface area contributed by atoms with E-state index in [1.807, 2.05) is 0 Å². The predicted molar refractivity (Wildman–Crippen MR) is 107 cm³/mol. The smallest absolute Gasteiger partial charge is 0.376 e. The summed E-state index contributed by atoms with van der Waals surface area (Å²) in [5.41, 5.74) is 0.566. The molecule has 28 heavy (non-hydrogen) atoms. The first-order valence-electron chi connectivity index (χ1n) is 8.55. The van der Waals surface area contributed by atoms with Crippen molar-refractivity contribution in [2.24, 2.45) is 0 Å². The molecule has 0 saturated heterocycles. The molecule has 0 saturated carbocycles. The first-order chi connectivity index (χ1) is 13.1. The lowest BCUT2D eigenvalue weighted by atomic mass is 10.1. The van der Waals surface area contributed by atoms with Crippen molar-refractivity contribution in [1.82, 2.24) is 4.90 Å². The van der Waals surface area contributed by atoms with Gasteiger partial charge in [-0.25, -0.2) is 0 Å². The fourth-order valence-electron chi connectivity index (χ4n) is 2.79. The molecule has 2 amide bonds. The van der Waals surface area contributed by atoms with Crippen LogP contribution in [0, 0.1) is 0 Å². The SMILES string of the molecule is CCOCC(=S)SC(CC(Cl)CC(F)(F)F)CN1C(=O)c2ccccc2C1=O. The minimum Gasteiger partial charge on any atom is -0.376 e. The quantitative estimate of drug-likeness (QED) is 0.308. The van der Waals surface area contributed by atoms with Gasteiger partial charge in [-0.15, -0.1) is 23.4 Å². The zero-order valence-corrected chi connectivity index (χ0v) is 17.4. The Labute approximate surface area is 175 Å². The lowest BCUT2D eigenvalue weighted by Gasteiger charge is -2.24. The van der Waals surface area contributed by atoms with Gasteiger partial charge in [-0.2, -0.15) is 13.2 Å². The maximum absolute atomic E-state index is 12.6. The Morgan fingerprint density at radius 1 is 1.25 bits per heavy atom. The summed E-state index contributed by atoms with van der Waals surface area (Å²) in [6.45, 7) is 2.31. The molecule has 2 unspecified atom stereocenters. The van der Waals surface area contributed by atoms with E-state index in [1.165, 1.54) is 0 Å². The molecule has 0 radical (unpaired) electrons. The highest BCUT2D eigenvalue weighted by molar-refractivity contribution is 8.23. The van der Waals surface area contributed by atoms with Gasteiger partial charge in [-0.1, -0.05) is 24.4 Å². The molecule has 2 rings (SSSR count). The highest BCUT2D eigenvalue weighted by Gasteiger charge is 2.38. The number of benzene rings is 1. The first-order valence-corrected chi connectivity index (χ1v) is 10.3. The number of thiocarbonyl (C=S) groups is 1. The number of alkyl halides is 4. The van der Waals surface area contributed by atoms with Crippen LogP contribution in [0.25, 0.3) is 0 Å². The number of thioether (sulfide) groups is 1. The van der Waals surface area contributed by atoms with Crippen LogP contribution in [0.3, 0.4) is 0 Å². The van der Waals surface area contributed by atoms with Crippen LogP contribution >= 0.6 is 35.6 Å². The fraction of sp³-hybridized carbons (Fsp3) is 0.500. The molecule has 0 fully saturated rings. The van der Waals surface area contributed by atoms with Crippen molar-refractivity contribution >= 4 is 51.6 Å². The van der Waals surface area contributed by atoms with E-state index >= 15 is 0 Å². The summed E-state index contributed by atoms with van der Waals surface area (Å²) < 4.78 is 43.6. The predicted octanol–water partition coefficient (Wildman–Crippen LogP) is 4.70. The minimum atomic E-state index is -4.40. The number of nitrogens with zero attached hydrogens (tertiary/aromatic N) is 1. The highest BCUT2D eigenvalue weighted by atomic mass is 35.5. The van der Waals surface area contributed by atoms with Gasteiger partial charge >= 0.3 is 6.18 Å². The Morgan fingerprint density at radius 3 is 2.32 bits per heavy atom. The number of hydrogen-bond donors (Lipinski definition) is 0. The molecule has 4 nitrogen and oxygen atoms in total. The van der Waals surface area contributed by atoms with Crippen molar-refractivity contribution in [2.45, 2.75) is 36.6 Å². The molecule has 1 aliphatic heterocycles. The van der Waals surface area contributed by atoms with Gasteiger partial charge in [-0.3, -0.25) is 14.5 Å². The number of amides is 2. The molecule has 0 spiro atoms. The second-order valence-electron chi connectivity index (χ2n) is 6.17. The third kappa shape index (κ3) is 6.43. The number of carbonyl (C=O) groups excluding carboxylic acids is 2. The van der Waals surface area contributed by atoms with Crippen LogP contribution in [0.1, 0.15) is 40.5 Å². The average Bonchev–Trinajstić information content (AvgIpc) is 2.83. The van der Waals surface area contributed by atoms with E-state index in [0.29, 0.717) is 10.8 Å². The molecular weight excluding hydrogens is 435 g/mol. The lowest BCUT2D eigenvalue weighted by Crippen LogP contribution is -2.37. The third-order valence-electron chi connectivity index (χ3n) is 3.96. The maximum atomic E-state index is 12.6. The van der Waals surface area contributed by atoms with Crippen LogP contribution < -0.4 is 0 Å². The van der Waals surface area contributed by atoms with E-state index in [1.54, 1.807) is 31.2 Å². The fourth-order valence-corrected chi connectivity index (χ4v) is 4.86. The minimum absolute atomic E-state index is 0.0641. The highest BCUT2D eigenvalue weighted by Crippen LogP contribution is 2.31. The summed E-state index contributed by atoms with van der Waals surface area (Å²) >= 11 is 12.2. The van der Waals surface area contributed by atoms with Gasteiger partial charge < -0.3 is 4.74 Å². The molecule has 1 aromatic carbocycles. The second kappa shape index (κ2) is 10.0. The van der Waals surface area contributed by atoms with Crippen LogP contribution in [-0.4, -0.2) is 57.5 Å². The van der Waals surface area contributed by atoms with Gasteiger partial charge in [0.1, 0.15) is 0 Å². The second-order valence-corrected chi connectivity index (χ2v) is 8.93. The van der Waals surface area contributed by atoms with E-state index in [4.69, 9.17) is 28.6 Å². The summed E-state index contributed by atoms with van der Waals surface area (Å²) in [6, 6.07) is 6.39. The molecule has 1 aromatic rings. The molecule has 0 bridgehead atoms. The number of halogens is 4. The van der Waals surface area contributed by atoms with Crippen LogP contribution in [0.4, 0.5) is 13.2 Å². The molecule has 1 heterocycles. The maximum Gasteiger partial charge on any atom is 0.390 e. The Kier molecular flexibility index (Phi) is 8.30. The van der Waals surface area contributed by atoms with Gasteiger partial charge in [0.15, 0.2) is 0 Å². The Balaban J connectivity index is 2.11. The largest absolute Gasteiger partial charge is 0.390 e. The third-order valence-corrected chi connectivity index (χ3v) is 5.75. The molecule has 2 atom stereocenters. The average molecular weight is 454 g/mol. The van der Waals surface area contributed by atoms with Gasteiger partial charge in [0.25, 0.3) is 11.8 Å². The Hall–Kier alpha value is -1.16. The standard InChI is InChI=1S/C18H19ClF3NO3S2/c1-2-26-10-15(27)28-12(7-11(19)8-18(20,21)22)9-23-16(24)13-5-3-4-6-14(13)17(23)25/h3-6,11-12H,2,7-10H2,1H3. The zero-order valence-electron chi connectivity index (χ0n) is 15.0. The van der Waals surface area contributed by atoms with Gasteiger partial charge in [-0.05, 0) is 25.5 Å². The number of ether oxygens (including phenoxy) is 1. The normalized spacial score (nSPS) is 16.2. The Bertz CT molecular complexity index is 710. The van der Waals surface area contributed by atoms with E-state index < -0.39 is 35.0 Å². The molecule has 0 aromatic heterocycles. The molecule has 1 aliphatic rings. The zero-order chi connectivity index (χ0) is 20.9.